The van der Waals surface area contributed by atoms with Crippen LogP contribution in [0.3, 0.4) is 0 Å². The fourth-order valence-electron chi connectivity index (χ4n) is 5.04. The smallest absolute Gasteiger partial charge is 0.333 e. The zero-order valence-corrected chi connectivity index (χ0v) is 25.8. The number of hydrogen-bond donors (Lipinski definition) is 2. The van der Waals surface area contributed by atoms with Crippen molar-refractivity contribution in [3.05, 3.63) is 115 Å². The standard InChI is InChI=1S/C31H29BrClN5O5/c1-18(2)43-22-10-8-21(9-11-22)38-27(29(40)35-16-20-5-3-4-6-23(20)28(34)39)26-17-36(13-14-37(26)31(38)42)30(41)19-7-12-24(32)25(33)15-19/h3-12,15,18H,13-14,16-17H2,1-2H3,(H2,34,39)(H,35,40). The van der Waals surface area contributed by atoms with Crippen LogP contribution in [0.25, 0.3) is 5.69 Å². The molecular weight excluding hydrogens is 638 g/mol. The number of fused-ring (bicyclic) bond motifs is 1. The number of ether oxygens (including phenoxy) is 1. The summed E-state index contributed by atoms with van der Waals surface area (Å²) in [5.41, 5.74) is 7.25. The van der Waals surface area contributed by atoms with Crippen molar-refractivity contribution in [3.8, 4) is 11.4 Å². The fraction of sp³-hybridized carbons (Fsp3) is 0.226. The average molecular weight is 667 g/mol. The number of rotatable bonds is 8. The second kappa shape index (κ2) is 12.5. The lowest BCUT2D eigenvalue weighted by Crippen LogP contribution is -2.41. The number of benzene rings is 3. The Balaban J connectivity index is 1.54. The van der Waals surface area contributed by atoms with E-state index in [0.29, 0.717) is 37.8 Å². The Hall–Kier alpha value is -4.35. The lowest BCUT2D eigenvalue weighted by Gasteiger charge is -2.28. The number of aromatic nitrogens is 2. The van der Waals surface area contributed by atoms with E-state index in [1.807, 2.05) is 13.8 Å². The first-order valence-electron chi connectivity index (χ1n) is 13.6. The van der Waals surface area contributed by atoms with Crippen molar-refractivity contribution in [1.29, 1.82) is 0 Å². The van der Waals surface area contributed by atoms with Crippen molar-refractivity contribution in [1.82, 2.24) is 19.4 Å². The molecule has 0 atom stereocenters. The van der Waals surface area contributed by atoms with Gasteiger partial charge in [0.1, 0.15) is 11.4 Å². The summed E-state index contributed by atoms with van der Waals surface area (Å²) in [7, 11) is 0. The molecule has 1 aromatic heterocycles. The maximum atomic E-state index is 13.9. The molecule has 3 amide bonds. The van der Waals surface area contributed by atoms with Gasteiger partial charge < -0.3 is 20.7 Å². The minimum Gasteiger partial charge on any atom is -0.491 e. The molecule has 10 nitrogen and oxygen atoms in total. The SMILES string of the molecule is CC(C)Oc1ccc(-n2c(C(=O)NCc3ccccc3C(N)=O)c3n(c2=O)CCN(C(=O)c2ccc(Br)c(Cl)c2)C3)cc1. The van der Waals surface area contributed by atoms with Crippen LogP contribution in [0.2, 0.25) is 5.02 Å². The van der Waals surface area contributed by atoms with Gasteiger partial charge in [-0.1, -0.05) is 29.8 Å². The maximum absolute atomic E-state index is 13.9. The Morgan fingerprint density at radius 2 is 1.77 bits per heavy atom. The Bertz CT molecular complexity index is 1780. The molecule has 12 heteroatoms. The molecule has 1 aliphatic heterocycles. The molecule has 5 rings (SSSR count). The molecule has 0 saturated heterocycles. The number of halogens is 2. The van der Waals surface area contributed by atoms with Gasteiger partial charge in [-0.3, -0.25) is 23.5 Å². The van der Waals surface area contributed by atoms with Crippen LogP contribution in [0.1, 0.15) is 56.3 Å². The van der Waals surface area contributed by atoms with E-state index in [1.54, 1.807) is 71.6 Å². The van der Waals surface area contributed by atoms with E-state index in [-0.39, 0.29) is 49.4 Å². The van der Waals surface area contributed by atoms with Gasteiger partial charge >= 0.3 is 5.69 Å². The Labute approximate surface area is 261 Å². The molecule has 43 heavy (non-hydrogen) atoms. The third-order valence-electron chi connectivity index (χ3n) is 7.04. The number of carbonyl (C=O) groups is 3. The molecule has 222 valence electrons. The van der Waals surface area contributed by atoms with E-state index in [4.69, 9.17) is 22.1 Å². The monoisotopic (exact) mass is 665 g/mol. The predicted molar refractivity (Wildman–Crippen MR) is 166 cm³/mol. The summed E-state index contributed by atoms with van der Waals surface area (Å²) in [4.78, 5) is 54.6. The molecule has 0 bridgehead atoms. The molecule has 3 N–H and O–H groups in total. The van der Waals surface area contributed by atoms with Crippen LogP contribution < -0.4 is 21.5 Å². The van der Waals surface area contributed by atoms with Crippen LogP contribution in [-0.4, -0.2) is 44.4 Å². The van der Waals surface area contributed by atoms with Gasteiger partial charge in [0, 0.05) is 35.2 Å². The lowest BCUT2D eigenvalue weighted by molar-refractivity contribution is 0.0706. The van der Waals surface area contributed by atoms with Gasteiger partial charge in [-0.05, 0) is 83.9 Å². The summed E-state index contributed by atoms with van der Waals surface area (Å²) in [6, 6.07) is 18.5. The number of amides is 3. The summed E-state index contributed by atoms with van der Waals surface area (Å²) >= 11 is 9.57. The summed E-state index contributed by atoms with van der Waals surface area (Å²) in [5, 5.41) is 3.24. The third-order valence-corrected chi connectivity index (χ3v) is 8.27. The average Bonchev–Trinajstić information content (AvgIpc) is 3.28. The molecule has 0 radical (unpaired) electrons. The topological polar surface area (TPSA) is 129 Å². The van der Waals surface area contributed by atoms with Crippen LogP contribution in [-0.2, 0) is 19.6 Å². The molecule has 0 saturated carbocycles. The van der Waals surface area contributed by atoms with Crippen molar-refractivity contribution in [2.24, 2.45) is 5.73 Å². The van der Waals surface area contributed by atoms with Gasteiger partial charge in [-0.2, -0.15) is 0 Å². The number of imidazole rings is 1. The quantitative estimate of drug-likeness (QED) is 0.286. The highest BCUT2D eigenvalue weighted by Gasteiger charge is 2.32. The van der Waals surface area contributed by atoms with Crippen molar-refractivity contribution in [3.63, 3.8) is 0 Å². The maximum Gasteiger partial charge on any atom is 0.333 e. The summed E-state index contributed by atoms with van der Waals surface area (Å²) in [6.07, 6.45) is -0.0379. The molecular formula is C31H29BrClN5O5. The van der Waals surface area contributed by atoms with Gasteiger partial charge in [0.15, 0.2) is 0 Å². The normalized spacial score (nSPS) is 12.6. The number of nitrogens with zero attached hydrogens (tertiary/aromatic N) is 3. The minimum absolute atomic E-state index is 0.00202. The second-order valence-corrected chi connectivity index (χ2v) is 11.5. The van der Waals surface area contributed by atoms with Gasteiger partial charge in [0.05, 0.1) is 29.1 Å². The van der Waals surface area contributed by atoms with Gasteiger partial charge in [0.25, 0.3) is 11.8 Å². The van der Waals surface area contributed by atoms with E-state index in [1.165, 1.54) is 9.13 Å². The highest BCUT2D eigenvalue weighted by molar-refractivity contribution is 9.10. The number of primary amides is 1. The summed E-state index contributed by atoms with van der Waals surface area (Å²) < 4.78 is 9.27. The molecule has 0 aliphatic carbocycles. The highest BCUT2D eigenvalue weighted by atomic mass is 79.9. The molecule has 0 unspecified atom stereocenters. The van der Waals surface area contributed by atoms with Crippen LogP contribution in [0.4, 0.5) is 0 Å². The number of nitrogens with two attached hydrogens (primary N) is 1. The summed E-state index contributed by atoms with van der Waals surface area (Å²) in [5.74, 6) is -0.824. The first-order chi connectivity index (χ1) is 20.5. The van der Waals surface area contributed by atoms with Gasteiger partial charge in [0.2, 0.25) is 5.91 Å². The minimum atomic E-state index is -0.617. The van der Waals surface area contributed by atoms with E-state index < -0.39 is 17.5 Å². The highest BCUT2D eigenvalue weighted by Crippen LogP contribution is 2.26. The van der Waals surface area contributed by atoms with E-state index in [2.05, 4.69) is 21.2 Å². The molecule has 1 aliphatic rings. The van der Waals surface area contributed by atoms with Gasteiger partial charge in [-0.25, -0.2) is 4.79 Å². The predicted octanol–water partition coefficient (Wildman–Crippen LogP) is 4.53. The first-order valence-corrected chi connectivity index (χ1v) is 14.7. The third kappa shape index (κ3) is 6.23. The zero-order chi connectivity index (χ0) is 30.8. The Morgan fingerprint density at radius 3 is 2.44 bits per heavy atom. The molecule has 0 fully saturated rings. The molecule has 0 spiro atoms. The van der Waals surface area contributed by atoms with E-state index in [0.717, 1.165) is 0 Å². The molecule has 3 aromatic carbocycles. The van der Waals surface area contributed by atoms with Crippen LogP contribution in [0.15, 0.2) is 76.0 Å². The zero-order valence-electron chi connectivity index (χ0n) is 23.5. The van der Waals surface area contributed by atoms with Crippen LogP contribution in [0, 0.1) is 0 Å². The Morgan fingerprint density at radius 1 is 1.05 bits per heavy atom. The van der Waals surface area contributed by atoms with Crippen LogP contribution in [0.5, 0.6) is 5.75 Å². The second-order valence-electron chi connectivity index (χ2n) is 10.3. The fourth-order valence-corrected chi connectivity index (χ4v) is 5.46. The molecule has 4 aromatic rings. The first kappa shape index (κ1) is 30.1. The van der Waals surface area contributed by atoms with Crippen molar-refractivity contribution >= 4 is 45.3 Å². The number of carbonyl (C=O) groups excluding carboxylic acids is 3. The van der Waals surface area contributed by atoms with Crippen molar-refractivity contribution in [2.45, 2.75) is 39.6 Å². The van der Waals surface area contributed by atoms with Crippen molar-refractivity contribution < 1.29 is 19.1 Å². The lowest BCUT2D eigenvalue weighted by atomic mass is 10.1. The van der Waals surface area contributed by atoms with E-state index in [9.17, 15) is 19.2 Å². The number of nitrogens with one attached hydrogen (secondary N) is 1. The summed E-state index contributed by atoms with van der Waals surface area (Å²) in [6.45, 7) is 4.29. The van der Waals surface area contributed by atoms with Gasteiger partial charge in [-0.15, -0.1) is 0 Å². The largest absolute Gasteiger partial charge is 0.491 e. The number of hydrogen-bond acceptors (Lipinski definition) is 5. The van der Waals surface area contributed by atoms with E-state index >= 15 is 0 Å². The van der Waals surface area contributed by atoms with Crippen LogP contribution >= 0.6 is 27.5 Å². The van der Waals surface area contributed by atoms with Crippen molar-refractivity contribution in [2.75, 3.05) is 6.54 Å². The molecule has 2 heterocycles. The Kier molecular flexibility index (Phi) is 8.74.